The zero-order valence-electron chi connectivity index (χ0n) is 18.3. The van der Waals surface area contributed by atoms with Gasteiger partial charge in [-0.15, -0.1) is 11.3 Å². The summed E-state index contributed by atoms with van der Waals surface area (Å²) < 4.78 is 5.11. The first kappa shape index (κ1) is 18.3. The molecule has 0 unspecified atom stereocenters. The number of para-hydroxylation sites is 1. The minimum absolute atomic E-state index is 1.21. The number of rotatable bonds is 1. The van der Waals surface area contributed by atoms with Gasteiger partial charge < -0.3 is 4.57 Å². The minimum Gasteiger partial charge on any atom is -0.309 e. The van der Waals surface area contributed by atoms with Crippen LogP contribution in [0.1, 0.15) is 0 Å². The molecule has 0 atom stereocenters. The van der Waals surface area contributed by atoms with Crippen LogP contribution in [0.4, 0.5) is 0 Å². The van der Waals surface area contributed by atoms with E-state index >= 15 is 0 Å². The molecule has 158 valence electrons. The molecule has 6 aromatic carbocycles. The molecule has 0 radical (unpaired) electrons. The standard InChI is InChI=1S/C32H19NS/c1-2-9-22-18-29-27(17-21(22)8-1)25-11-5-6-12-28(25)33(29)23-14-15-26-31(19-23)34-30-16-13-20-7-3-4-10-24(20)32(26)30/h1-19H. The van der Waals surface area contributed by atoms with Crippen LogP contribution in [-0.2, 0) is 0 Å². The molecule has 2 aromatic heterocycles. The van der Waals surface area contributed by atoms with Crippen molar-refractivity contribution in [1.82, 2.24) is 4.57 Å². The molecule has 34 heavy (non-hydrogen) atoms. The predicted molar refractivity (Wildman–Crippen MR) is 149 cm³/mol. The summed E-state index contributed by atoms with van der Waals surface area (Å²) in [6, 6.07) is 42.3. The molecule has 0 fully saturated rings. The Hall–Kier alpha value is -4.14. The summed E-state index contributed by atoms with van der Waals surface area (Å²) in [6.07, 6.45) is 0. The molecule has 0 amide bonds. The fourth-order valence-electron chi connectivity index (χ4n) is 5.61. The van der Waals surface area contributed by atoms with Gasteiger partial charge in [0.15, 0.2) is 0 Å². The molecule has 8 rings (SSSR count). The second kappa shape index (κ2) is 6.69. The maximum absolute atomic E-state index is 2.43. The van der Waals surface area contributed by atoms with Crippen LogP contribution in [-0.4, -0.2) is 4.57 Å². The Kier molecular flexibility index (Phi) is 3.60. The highest BCUT2D eigenvalue weighted by molar-refractivity contribution is 7.26. The van der Waals surface area contributed by atoms with Crippen molar-refractivity contribution in [2.24, 2.45) is 0 Å². The van der Waals surface area contributed by atoms with Crippen LogP contribution >= 0.6 is 11.3 Å². The maximum atomic E-state index is 2.43. The van der Waals surface area contributed by atoms with Gasteiger partial charge in [0.05, 0.1) is 11.0 Å². The van der Waals surface area contributed by atoms with E-state index < -0.39 is 0 Å². The Morgan fingerprint density at radius 2 is 1.18 bits per heavy atom. The Morgan fingerprint density at radius 3 is 2.06 bits per heavy atom. The Morgan fingerprint density at radius 1 is 0.441 bits per heavy atom. The molecule has 0 bridgehead atoms. The van der Waals surface area contributed by atoms with E-state index in [2.05, 4.69) is 120 Å². The molecule has 0 aliphatic heterocycles. The SMILES string of the molecule is c1ccc2cc3c(cc2c1)c1ccccc1n3-c1ccc2c(c1)sc1ccc3ccccc3c12. The lowest BCUT2D eigenvalue weighted by Gasteiger charge is -2.09. The minimum atomic E-state index is 1.21. The summed E-state index contributed by atoms with van der Waals surface area (Å²) in [7, 11) is 0. The molecule has 8 aromatic rings. The molecule has 2 heterocycles. The number of fused-ring (bicyclic) bond motifs is 9. The van der Waals surface area contributed by atoms with Gasteiger partial charge in [0.2, 0.25) is 0 Å². The fourth-order valence-corrected chi connectivity index (χ4v) is 6.76. The normalized spacial score (nSPS) is 12.1. The summed E-state index contributed by atoms with van der Waals surface area (Å²) >= 11 is 1.89. The Labute approximate surface area is 200 Å². The quantitative estimate of drug-likeness (QED) is 0.235. The van der Waals surface area contributed by atoms with Gasteiger partial charge >= 0.3 is 0 Å². The van der Waals surface area contributed by atoms with Crippen LogP contribution in [0.5, 0.6) is 0 Å². The zero-order chi connectivity index (χ0) is 22.2. The van der Waals surface area contributed by atoms with Crippen molar-refractivity contribution < 1.29 is 0 Å². The molecular formula is C32H19NS. The number of thiophene rings is 1. The van der Waals surface area contributed by atoms with E-state index in [1.54, 1.807) is 0 Å². The summed E-state index contributed by atoms with van der Waals surface area (Å²) in [4.78, 5) is 0. The maximum Gasteiger partial charge on any atom is 0.0547 e. The third-order valence-corrected chi connectivity index (χ3v) is 8.26. The lowest BCUT2D eigenvalue weighted by molar-refractivity contribution is 1.19. The van der Waals surface area contributed by atoms with Gasteiger partial charge in [0.25, 0.3) is 0 Å². The van der Waals surface area contributed by atoms with Crippen LogP contribution in [0, 0.1) is 0 Å². The van der Waals surface area contributed by atoms with E-state index in [0.29, 0.717) is 0 Å². The molecular weight excluding hydrogens is 430 g/mol. The van der Waals surface area contributed by atoms with Crippen molar-refractivity contribution in [1.29, 1.82) is 0 Å². The molecule has 2 heteroatoms. The first-order chi connectivity index (χ1) is 16.8. The van der Waals surface area contributed by atoms with E-state index in [4.69, 9.17) is 0 Å². The highest BCUT2D eigenvalue weighted by Gasteiger charge is 2.15. The number of aromatic nitrogens is 1. The summed E-state index contributed by atoms with van der Waals surface area (Å²) in [5.74, 6) is 0. The summed E-state index contributed by atoms with van der Waals surface area (Å²) in [5, 5.41) is 10.5. The van der Waals surface area contributed by atoms with Gasteiger partial charge in [0, 0.05) is 36.6 Å². The van der Waals surface area contributed by atoms with Crippen LogP contribution in [0.25, 0.3) is 69.2 Å². The van der Waals surface area contributed by atoms with Gasteiger partial charge in [-0.2, -0.15) is 0 Å². The highest BCUT2D eigenvalue weighted by atomic mass is 32.1. The van der Waals surface area contributed by atoms with Crippen LogP contribution < -0.4 is 0 Å². The predicted octanol–water partition coefficient (Wildman–Crippen LogP) is 9.46. The third-order valence-electron chi connectivity index (χ3n) is 7.14. The van der Waals surface area contributed by atoms with E-state index in [1.807, 2.05) is 11.3 Å². The average molecular weight is 450 g/mol. The number of benzene rings is 6. The van der Waals surface area contributed by atoms with Crippen LogP contribution in [0.3, 0.4) is 0 Å². The van der Waals surface area contributed by atoms with Gasteiger partial charge in [-0.05, 0) is 57.9 Å². The first-order valence-corrected chi connectivity index (χ1v) is 12.4. The van der Waals surface area contributed by atoms with Crippen molar-refractivity contribution in [3.05, 3.63) is 115 Å². The third kappa shape index (κ3) is 2.43. The van der Waals surface area contributed by atoms with Crippen molar-refractivity contribution >= 4 is 74.9 Å². The van der Waals surface area contributed by atoms with Crippen LogP contribution in [0.15, 0.2) is 115 Å². The van der Waals surface area contributed by atoms with Crippen molar-refractivity contribution in [3.63, 3.8) is 0 Å². The monoisotopic (exact) mass is 449 g/mol. The van der Waals surface area contributed by atoms with E-state index in [-0.39, 0.29) is 0 Å². The molecule has 0 saturated heterocycles. The molecule has 0 aliphatic rings. The largest absolute Gasteiger partial charge is 0.309 e. The second-order valence-corrected chi connectivity index (χ2v) is 10.1. The average Bonchev–Trinajstić information content (AvgIpc) is 3.42. The summed E-state index contributed by atoms with van der Waals surface area (Å²) in [6.45, 7) is 0. The molecule has 0 saturated carbocycles. The molecule has 0 spiro atoms. The molecule has 0 N–H and O–H groups in total. The second-order valence-electron chi connectivity index (χ2n) is 9.01. The lowest BCUT2D eigenvalue weighted by atomic mass is 10.0. The van der Waals surface area contributed by atoms with Gasteiger partial charge in [-0.25, -0.2) is 0 Å². The van der Waals surface area contributed by atoms with E-state index in [1.165, 1.54) is 69.2 Å². The van der Waals surface area contributed by atoms with Crippen molar-refractivity contribution in [2.45, 2.75) is 0 Å². The number of hydrogen-bond donors (Lipinski definition) is 0. The van der Waals surface area contributed by atoms with Gasteiger partial charge in [0.1, 0.15) is 0 Å². The van der Waals surface area contributed by atoms with Crippen molar-refractivity contribution in [2.75, 3.05) is 0 Å². The first-order valence-electron chi connectivity index (χ1n) is 11.6. The molecule has 1 nitrogen and oxygen atoms in total. The number of hydrogen-bond acceptors (Lipinski definition) is 1. The van der Waals surface area contributed by atoms with E-state index in [9.17, 15) is 0 Å². The van der Waals surface area contributed by atoms with Crippen LogP contribution in [0.2, 0.25) is 0 Å². The van der Waals surface area contributed by atoms with Gasteiger partial charge in [-0.1, -0.05) is 78.9 Å². The fraction of sp³-hybridized carbons (Fsp3) is 0. The summed E-state index contributed by atoms with van der Waals surface area (Å²) in [5.41, 5.74) is 3.72. The van der Waals surface area contributed by atoms with E-state index in [0.717, 1.165) is 0 Å². The van der Waals surface area contributed by atoms with Crippen molar-refractivity contribution in [3.8, 4) is 5.69 Å². The Balaban J connectivity index is 1.48. The van der Waals surface area contributed by atoms with Gasteiger partial charge in [-0.3, -0.25) is 0 Å². The Bertz CT molecular complexity index is 2070. The number of nitrogens with zero attached hydrogens (tertiary/aromatic N) is 1. The lowest BCUT2D eigenvalue weighted by Crippen LogP contribution is -1.93. The topological polar surface area (TPSA) is 4.93 Å². The molecule has 0 aliphatic carbocycles. The zero-order valence-corrected chi connectivity index (χ0v) is 19.1. The highest BCUT2D eigenvalue weighted by Crippen LogP contribution is 2.41. The smallest absolute Gasteiger partial charge is 0.0547 e.